The molecular formula is C16H24N4O2S. The molecule has 0 saturated carbocycles. The number of fused-ring (bicyclic) bond motifs is 1. The van der Waals surface area contributed by atoms with Gasteiger partial charge in [-0.25, -0.2) is 9.78 Å². The first-order valence-electron chi connectivity index (χ1n) is 8.18. The molecule has 126 valence electrons. The maximum atomic E-state index is 12.4. The first-order chi connectivity index (χ1) is 11.0. The van der Waals surface area contributed by atoms with E-state index in [-0.39, 0.29) is 18.0 Å². The number of likely N-dealkylation sites (tertiary alicyclic amines) is 1. The Morgan fingerprint density at radius 3 is 2.96 bits per heavy atom. The van der Waals surface area contributed by atoms with Crippen LogP contribution in [0.4, 0.5) is 4.79 Å². The second-order valence-electron chi connectivity index (χ2n) is 6.56. The Morgan fingerprint density at radius 1 is 1.48 bits per heavy atom. The van der Waals surface area contributed by atoms with Gasteiger partial charge >= 0.3 is 6.03 Å². The fourth-order valence-corrected chi connectivity index (χ4v) is 4.50. The highest BCUT2D eigenvalue weighted by Crippen LogP contribution is 2.34. The molecule has 1 aromatic rings. The molecular weight excluding hydrogens is 312 g/mol. The van der Waals surface area contributed by atoms with Gasteiger partial charge in [0.05, 0.1) is 10.7 Å². The summed E-state index contributed by atoms with van der Waals surface area (Å²) in [5.41, 5.74) is 1.18. The van der Waals surface area contributed by atoms with Crippen LogP contribution in [0.15, 0.2) is 0 Å². The molecule has 6 nitrogen and oxygen atoms in total. The molecule has 1 N–H and O–H groups in total. The number of nitrogens with zero attached hydrogens (tertiary/aromatic N) is 3. The Hall–Kier alpha value is -1.63. The number of aryl methyl sites for hydroxylation is 2. The van der Waals surface area contributed by atoms with Crippen molar-refractivity contribution in [2.24, 2.45) is 0 Å². The average Bonchev–Trinajstić information content (AvgIpc) is 3.04. The smallest absolute Gasteiger partial charge is 0.317 e. The Balaban J connectivity index is 1.60. The number of carbonyl (C=O) groups excluding carboxylic acids is 2. The number of hydrogen-bond acceptors (Lipinski definition) is 4. The van der Waals surface area contributed by atoms with E-state index in [2.05, 4.69) is 10.3 Å². The number of thiazole rings is 1. The van der Waals surface area contributed by atoms with Crippen molar-refractivity contribution in [2.75, 3.05) is 27.2 Å². The van der Waals surface area contributed by atoms with Crippen molar-refractivity contribution in [1.29, 1.82) is 0 Å². The van der Waals surface area contributed by atoms with E-state index < -0.39 is 0 Å². The predicted octanol–water partition coefficient (Wildman–Crippen LogP) is 1.74. The molecule has 1 saturated heterocycles. The highest BCUT2D eigenvalue weighted by atomic mass is 32.1. The van der Waals surface area contributed by atoms with Crippen LogP contribution in [0.3, 0.4) is 0 Å². The zero-order valence-electron chi connectivity index (χ0n) is 14.0. The van der Waals surface area contributed by atoms with Gasteiger partial charge in [-0.05, 0) is 32.6 Å². The van der Waals surface area contributed by atoms with Crippen molar-refractivity contribution < 1.29 is 9.59 Å². The zero-order valence-corrected chi connectivity index (χ0v) is 14.8. The first kappa shape index (κ1) is 16.2. The van der Waals surface area contributed by atoms with E-state index >= 15 is 0 Å². The van der Waals surface area contributed by atoms with Crippen molar-refractivity contribution >= 4 is 23.3 Å². The number of hydrogen-bond donors (Lipinski definition) is 1. The topological polar surface area (TPSA) is 65.5 Å². The van der Waals surface area contributed by atoms with Crippen LogP contribution < -0.4 is 5.32 Å². The lowest BCUT2D eigenvalue weighted by Gasteiger charge is -2.27. The average molecular weight is 336 g/mol. The molecule has 7 heteroatoms. The maximum absolute atomic E-state index is 12.4. The number of amides is 3. The van der Waals surface area contributed by atoms with Gasteiger partial charge in [-0.15, -0.1) is 11.3 Å². The summed E-state index contributed by atoms with van der Waals surface area (Å²) in [6.45, 7) is 3.40. The highest BCUT2D eigenvalue weighted by Gasteiger charge is 2.32. The van der Waals surface area contributed by atoms with Crippen LogP contribution in [0.5, 0.6) is 0 Å². The summed E-state index contributed by atoms with van der Waals surface area (Å²) in [6, 6.07) is -0.545. The maximum Gasteiger partial charge on any atom is 0.317 e. The van der Waals surface area contributed by atoms with Gasteiger partial charge in [0.15, 0.2) is 0 Å². The normalized spacial score (nSPS) is 23.8. The summed E-state index contributed by atoms with van der Waals surface area (Å²) in [7, 11) is 3.57. The van der Waals surface area contributed by atoms with Gasteiger partial charge in [-0.1, -0.05) is 0 Å². The third-order valence-electron chi connectivity index (χ3n) is 4.74. The SMILES string of the molecule is Cc1nc2c(s1)CCC[C@H]2CN(C)C(=O)N[C@H]1CCN(C)C1=O. The van der Waals surface area contributed by atoms with Gasteiger partial charge in [-0.2, -0.15) is 0 Å². The minimum atomic E-state index is -0.376. The van der Waals surface area contributed by atoms with Crippen LogP contribution in [-0.2, 0) is 11.2 Å². The number of rotatable bonds is 3. The van der Waals surface area contributed by atoms with E-state index in [0.29, 0.717) is 25.4 Å². The van der Waals surface area contributed by atoms with E-state index in [1.54, 1.807) is 35.2 Å². The van der Waals surface area contributed by atoms with E-state index in [9.17, 15) is 9.59 Å². The number of nitrogens with one attached hydrogen (secondary N) is 1. The number of likely N-dealkylation sites (N-methyl/N-ethyl adjacent to an activating group) is 2. The van der Waals surface area contributed by atoms with Crippen molar-refractivity contribution in [3.63, 3.8) is 0 Å². The quantitative estimate of drug-likeness (QED) is 0.914. The molecule has 0 radical (unpaired) electrons. The van der Waals surface area contributed by atoms with Gasteiger partial charge in [-0.3, -0.25) is 4.79 Å². The number of aromatic nitrogens is 1. The van der Waals surface area contributed by atoms with Crippen molar-refractivity contribution in [2.45, 2.75) is 44.6 Å². The van der Waals surface area contributed by atoms with Crippen LogP contribution in [0.1, 0.15) is 40.8 Å². The van der Waals surface area contributed by atoms with Gasteiger partial charge in [0.25, 0.3) is 0 Å². The van der Waals surface area contributed by atoms with Crippen molar-refractivity contribution in [3.8, 4) is 0 Å². The minimum absolute atomic E-state index is 0.00169. The lowest BCUT2D eigenvalue weighted by atomic mass is 9.90. The lowest BCUT2D eigenvalue weighted by Crippen LogP contribution is -2.47. The molecule has 23 heavy (non-hydrogen) atoms. The van der Waals surface area contributed by atoms with Crippen LogP contribution in [-0.4, -0.2) is 59.9 Å². The van der Waals surface area contributed by atoms with E-state index in [0.717, 1.165) is 24.3 Å². The second-order valence-corrected chi connectivity index (χ2v) is 7.85. The van der Waals surface area contributed by atoms with Gasteiger partial charge in [0.1, 0.15) is 6.04 Å². The van der Waals surface area contributed by atoms with Crippen LogP contribution in [0, 0.1) is 6.92 Å². The summed E-state index contributed by atoms with van der Waals surface area (Å²) in [6.07, 6.45) is 4.02. The molecule has 0 unspecified atom stereocenters. The largest absolute Gasteiger partial charge is 0.344 e. The van der Waals surface area contributed by atoms with E-state index in [4.69, 9.17) is 0 Å². The molecule has 2 atom stereocenters. The Bertz CT molecular complexity index is 615. The van der Waals surface area contributed by atoms with Gasteiger partial charge < -0.3 is 15.1 Å². The molecule has 2 aliphatic rings. The predicted molar refractivity (Wildman–Crippen MR) is 89.7 cm³/mol. The molecule has 0 spiro atoms. The monoisotopic (exact) mass is 336 g/mol. The molecule has 2 heterocycles. The van der Waals surface area contributed by atoms with Crippen LogP contribution >= 0.6 is 11.3 Å². The van der Waals surface area contributed by atoms with Gasteiger partial charge in [0, 0.05) is 38.0 Å². The first-order valence-corrected chi connectivity index (χ1v) is 9.00. The summed E-state index contributed by atoms with van der Waals surface area (Å²) < 4.78 is 0. The van der Waals surface area contributed by atoms with Crippen molar-refractivity contribution in [3.05, 3.63) is 15.6 Å². The molecule has 0 bridgehead atoms. The fraction of sp³-hybridized carbons (Fsp3) is 0.688. The van der Waals surface area contributed by atoms with Crippen LogP contribution in [0.2, 0.25) is 0 Å². The van der Waals surface area contributed by atoms with Crippen LogP contribution in [0.25, 0.3) is 0 Å². The Labute approximate surface area is 140 Å². The molecule has 1 aliphatic heterocycles. The third-order valence-corrected chi connectivity index (χ3v) is 5.79. The molecule has 3 rings (SSSR count). The zero-order chi connectivity index (χ0) is 16.6. The minimum Gasteiger partial charge on any atom is -0.344 e. The Kier molecular flexibility index (Phi) is 4.57. The Morgan fingerprint density at radius 2 is 2.26 bits per heavy atom. The molecule has 1 fully saturated rings. The van der Waals surface area contributed by atoms with E-state index in [1.165, 1.54) is 10.6 Å². The molecule has 0 aromatic carbocycles. The summed E-state index contributed by atoms with van der Waals surface area (Å²) >= 11 is 1.78. The summed E-state index contributed by atoms with van der Waals surface area (Å²) in [5, 5.41) is 3.96. The second kappa shape index (κ2) is 6.47. The fourth-order valence-electron chi connectivity index (χ4n) is 3.44. The number of carbonyl (C=O) groups is 2. The third kappa shape index (κ3) is 3.34. The molecule has 3 amide bonds. The van der Waals surface area contributed by atoms with Crippen molar-refractivity contribution in [1.82, 2.24) is 20.1 Å². The molecule has 1 aliphatic carbocycles. The summed E-state index contributed by atoms with van der Waals surface area (Å²) in [4.78, 5) is 33.7. The van der Waals surface area contributed by atoms with Gasteiger partial charge in [0.2, 0.25) is 5.91 Å². The lowest BCUT2D eigenvalue weighted by molar-refractivity contribution is -0.128. The standard InChI is InChI=1S/C16H24N4O2S/c1-10-17-14-11(5-4-6-13(14)23-10)9-20(3)16(22)18-12-7-8-19(2)15(12)21/h11-12H,4-9H2,1-3H3,(H,18,22)/t11-,12-/m0/s1. The number of urea groups is 1. The van der Waals surface area contributed by atoms with E-state index in [1.807, 2.05) is 6.92 Å². The highest BCUT2D eigenvalue weighted by molar-refractivity contribution is 7.11. The molecule has 1 aromatic heterocycles. The summed E-state index contributed by atoms with van der Waals surface area (Å²) in [5.74, 6) is 0.309.